The van der Waals surface area contributed by atoms with Gasteiger partial charge in [0.1, 0.15) is 0 Å². The summed E-state index contributed by atoms with van der Waals surface area (Å²) in [6.07, 6.45) is 0.835. The Kier molecular flexibility index (Phi) is 3.21. The fraction of sp³-hybridized carbons (Fsp3) is 1.00. The van der Waals surface area contributed by atoms with Gasteiger partial charge >= 0.3 is 0 Å². The highest BCUT2D eigenvalue weighted by Crippen LogP contribution is 2.44. The quantitative estimate of drug-likeness (QED) is 0.753. The molecule has 0 spiro atoms. The van der Waals surface area contributed by atoms with Crippen LogP contribution in [0.15, 0.2) is 0 Å². The van der Waals surface area contributed by atoms with Crippen molar-refractivity contribution in [2.45, 2.75) is 70.7 Å². The van der Waals surface area contributed by atoms with Crippen molar-refractivity contribution in [2.75, 3.05) is 6.61 Å². The van der Waals surface area contributed by atoms with Gasteiger partial charge in [-0.1, -0.05) is 13.8 Å². The average Bonchev–Trinajstić information content (AvgIpc) is 2.15. The van der Waals surface area contributed by atoms with Crippen LogP contribution in [0.25, 0.3) is 0 Å². The number of aliphatic hydroxyl groups is 1. The van der Waals surface area contributed by atoms with Gasteiger partial charge in [-0.2, -0.15) is 0 Å². The lowest BCUT2D eigenvalue weighted by atomic mass is 9.79. The van der Waals surface area contributed by atoms with Crippen molar-refractivity contribution in [3.05, 3.63) is 0 Å². The molecule has 0 aromatic carbocycles. The van der Waals surface area contributed by atoms with Gasteiger partial charge in [0, 0.05) is 6.04 Å². The SMILES string of the molecule is CC(C)NC1(CO)CC(C)(C)OC1(C)C. The second-order valence-corrected chi connectivity index (χ2v) is 6.09. The number of hydrogen-bond acceptors (Lipinski definition) is 3. The summed E-state index contributed by atoms with van der Waals surface area (Å²) in [5, 5.41) is 13.2. The highest BCUT2D eigenvalue weighted by molar-refractivity contribution is 5.11. The molecule has 0 aromatic rings. The highest BCUT2D eigenvalue weighted by atomic mass is 16.5. The summed E-state index contributed by atoms with van der Waals surface area (Å²) < 4.78 is 6.02. The van der Waals surface area contributed by atoms with Gasteiger partial charge in [-0.05, 0) is 34.1 Å². The molecule has 1 saturated heterocycles. The first-order chi connectivity index (χ1) is 6.64. The van der Waals surface area contributed by atoms with E-state index in [2.05, 4.69) is 33.0 Å². The predicted octanol–water partition coefficient (Wildman–Crippen LogP) is 1.69. The number of nitrogens with one attached hydrogen (secondary N) is 1. The maximum absolute atomic E-state index is 9.69. The molecule has 1 heterocycles. The highest BCUT2D eigenvalue weighted by Gasteiger charge is 2.56. The topological polar surface area (TPSA) is 41.5 Å². The lowest BCUT2D eigenvalue weighted by Crippen LogP contribution is -2.61. The zero-order valence-corrected chi connectivity index (χ0v) is 10.8. The minimum atomic E-state index is -0.338. The molecule has 2 N–H and O–H groups in total. The summed E-state index contributed by atoms with van der Waals surface area (Å²) >= 11 is 0. The molecular weight excluding hydrogens is 190 g/mol. The Bertz CT molecular complexity index is 236. The van der Waals surface area contributed by atoms with Crippen molar-refractivity contribution in [3.8, 4) is 0 Å². The normalized spacial score (nSPS) is 33.6. The van der Waals surface area contributed by atoms with Gasteiger partial charge in [-0.15, -0.1) is 0 Å². The zero-order chi connectivity index (χ0) is 11.9. The van der Waals surface area contributed by atoms with E-state index in [1.165, 1.54) is 0 Å². The summed E-state index contributed by atoms with van der Waals surface area (Å²) in [6, 6.07) is 0.342. The minimum Gasteiger partial charge on any atom is -0.394 e. The molecule has 1 aliphatic rings. The lowest BCUT2D eigenvalue weighted by molar-refractivity contribution is -0.0907. The molecule has 0 radical (unpaired) electrons. The number of hydrogen-bond donors (Lipinski definition) is 2. The Morgan fingerprint density at radius 2 is 1.80 bits per heavy atom. The van der Waals surface area contributed by atoms with Crippen LogP contribution in [0.1, 0.15) is 48.0 Å². The van der Waals surface area contributed by atoms with Crippen LogP contribution in [0.3, 0.4) is 0 Å². The maximum atomic E-state index is 9.69. The van der Waals surface area contributed by atoms with E-state index in [1.807, 2.05) is 13.8 Å². The molecule has 1 rings (SSSR count). The van der Waals surface area contributed by atoms with Gasteiger partial charge in [-0.25, -0.2) is 0 Å². The fourth-order valence-electron chi connectivity index (χ4n) is 2.83. The largest absolute Gasteiger partial charge is 0.394 e. The zero-order valence-electron chi connectivity index (χ0n) is 10.8. The Balaban J connectivity index is 2.97. The molecule has 1 aliphatic heterocycles. The summed E-state index contributed by atoms with van der Waals surface area (Å²) in [5.41, 5.74) is -0.839. The first-order valence-electron chi connectivity index (χ1n) is 5.73. The molecule has 15 heavy (non-hydrogen) atoms. The van der Waals surface area contributed by atoms with E-state index < -0.39 is 0 Å². The second kappa shape index (κ2) is 3.72. The van der Waals surface area contributed by atoms with Crippen molar-refractivity contribution in [1.82, 2.24) is 5.32 Å². The summed E-state index contributed by atoms with van der Waals surface area (Å²) in [5.74, 6) is 0. The molecule has 0 saturated carbocycles. The molecule has 3 nitrogen and oxygen atoms in total. The van der Waals surface area contributed by atoms with E-state index in [4.69, 9.17) is 4.74 Å². The van der Waals surface area contributed by atoms with Crippen molar-refractivity contribution < 1.29 is 9.84 Å². The molecular formula is C12H25NO2. The third-order valence-corrected chi connectivity index (χ3v) is 3.25. The van der Waals surface area contributed by atoms with E-state index in [1.54, 1.807) is 0 Å². The van der Waals surface area contributed by atoms with Crippen molar-refractivity contribution in [1.29, 1.82) is 0 Å². The summed E-state index contributed by atoms with van der Waals surface area (Å²) in [6.45, 7) is 12.6. The van der Waals surface area contributed by atoms with Crippen LogP contribution in [0.5, 0.6) is 0 Å². The van der Waals surface area contributed by atoms with E-state index >= 15 is 0 Å². The molecule has 0 aromatic heterocycles. The van der Waals surface area contributed by atoms with E-state index in [9.17, 15) is 5.11 Å². The molecule has 90 valence electrons. The van der Waals surface area contributed by atoms with Crippen LogP contribution in [-0.4, -0.2) is 34.5 Å². The molecule has 0 bridgehead atoms. The maximum Gasteiger partial charge on any atom is 0.0838 e. The molecule has 0 amide bonds. The van der Waals surface area contributed by atoms with Gasteiger partial charge < -0.3 is 15.2 Å². The van der Waals surface area contributed by atoms with Crippen LogP contribution in [0.2, 0.25) is 0 Å². The third kappa shape index (κ3) is 2.35. The third-order valence-electron chi connectivity index (χ3n) is 3.25. The monoisotopic (exact) mass is 215 g/mol. The Labute approximate surface area is 93.2 Å². The first kappa shape index (κ1) is 12.9. The predicted molar refractivity (Wildman–Crippen MR) is 61.9 cm³/mol. The van der Waals surface area contributed by atoms with Crippen molar-refractivity contribution in [3.63, 3.8) is 0 Å². The van der Waals surface area contributed by atoms with Gasteiger partial charge in [0.2, 0.25) is 0 Å². The van der Waals surface area contributed by atoms with Crippen LogP contribution < -0.4 is 5.32 Å². The Morgan fingerprint density at radius 1 is 1.27 bits per heavy atom. The Morgan fingerprint density at radius 3 is 2.07 bits per heavy atom. The van der Waals surface area contributed by atoms with Crippen LogP contribution in [-0.2, 0) is 4.74 Å². The van der Waals surface area contributed by atoms with Gasteiger partial charge in [0.05, 0.1) is 23.3 Å². The fourth-order valence-corrected chi connectivity index (χ4v) is 2.83. The second-order valence-electron chi connectivity index (χ2n) is 6.09. The molecule has 0 aliphatic carbocycles. The molecule has 1 unspecified atom stereocenters. The number of rotatable bonds is 3. The van der Waals surface area contributed by atoms with E-state index in [-0.39, 0.29) is 23.3 Å². The summed E-state index contributed by atoms with van der Waals surface area (Å²) in [4.78, 5) is 0. The van der Waals surface area contributed by atoms with E-state index in [0.29, 0.717) is 6.04 Å². The molecule has 1 atom stereocenters. The average molecular weight is 215 g/mol. The Hall–Kier alpha value is -0.120. The number of ether oxygens (including phenoxy) is 1. The summed E-state index contributed by atoms with van der Waals surface area (Å²) in [7, 11) is 0. The van der Waals surface area contributed by atoms with Crippen molar-refractivity contribution >= 4 is 0 Å². The standard InChI is InChI=1S/C12H25NO2/c1-9(2)13-12(8-14)7-10(3,4)15-11(12,5)6/h9,13-14H,7-8H2,1-6H3. The van der Waals surface area contributed by atoms with E-state index in [0.717, 1.165) is 6.42 Å². The minimum absolute atomic E-state index is 0.113. The first-order valence-corrected chi connectivity index (χ1v) is 5.73. The van der Waals surface area contributed by atoms with Crippen LogP contribution in [0.4, 0.5) is 0 Å². The van der Waals surface area contributed by atoms with Gasteiger partial charge in [-0.3, -0.25) is 0 Å². The number of aliphatic hydroxyl groups excluding tert-OH is 1. The van der Waals surface area contributed by atoms with Crippen molar-refractivity contribution in [2.24, 2.45) is 0 Å². The smallest absolute Gasteiger partial charge is 0.0838 e. The van der Waals surface area contributed by atoms with Crippen LogP contribution in [0, 0.1) is 0 Å². The van der Waals surface area contributed by atoms with Gasteiger partial charge in [0.25, 0.3) is 0 Å². The lowest BCUT2D eigenvalue weighted by Gasteiger charge is -2.40. The van der Waals surface area contributed by atoms with Gasteiger partial charge in [0.15, 0.2) is 0 Å². The molecule has 3 heteroatoms. The molecule has 1 fully saturated rings. The van der Waals surface area contributed by atoms with Crippen LogP contribution >= 0.6 is 0 Å².